The standard InChI is InChI=1S/C18H18N4O/c1-13-7-6-10-16(19-13)18(23)20-17-11-14(2)21-22(17)12-15-8-4-3-5-9-15/h3-11H,12H2,1-2H3,(H,20,23). The summed E-state index contributed by atoms with van der Waals surface area (Å²) in [7, 11) is 0. The highest BCUT2D eigenvalue weighted by Gasteiger charge is 2.12. The first-order chi connectivity index (χ1) is 11.1. The number of rotatable bonds is 4. The summed E-state index contributed by atoms with van der Waals surface area (Å²) in [6.45, 7) is 4.37. The van der Waals surface area contributed by atoms with Crippen molar-refractivity contribution in [2.24, 2.45) is 0 Å². The Bertz CT molecular complexity index is 824. The number of amides is 1. The number of pyridine rings is 1. The van der Waals surface area contributed by atoms with Crippen LogP contribution in [0.25, 0.3) is 0 Å². The lowest BCUT2D eigenvalue weighted by Gasteiger charge is -2.09. The molecule has 0 atom stereocenters. The summed E-state index contributed by atoms with van der Waals surface area (Å²) >= 11 is 0. The molecule has 0 unspecified atom stereocenters. The van der Waals surface area contributed by atoms with Crippen molar-refractivity contribution in [1.29, 1.82) is 0 Å². The normalized spacial score (nSPS) is 10.5. The number of aryl methyl sites for hydroxylation is 2. The van der Waals surface area contributed by atoms with Gasteiger partial charge in [0.15, 0.2) is 0 Å². The molecule has 0 aliphatic heterocycles. The number of anilines is 1. The van der Waals surface area contributed by atoms with Gasteiger partial charge in [0.05, 0.1) is 12.2 Å². The maximum Gasteiger partial charge on any atom is 0.275 e. The van der Waals surface area contributed by atoms with Gasteiger partial charge in [-0.25, -0.2) is 9.67 Å². The molecule has 1 N–H and O–H groups in total. The number of carbonyl (C=O) groups is 1. The van der Waals surface area contributed by atoms with Crippen LogP contribution in [-0.2, 0) is 6.54 Å². The molecule has 0 fully saturated rings. The largest absolute Gasteiger partial charge is 0.305 e. The van der Waals surface area contributed by atoms with Crippen molar-refractivity contribution >= 4 is 11.7 Å². The van der Waals surface area contributed by atoms with Crippen LogP contribution in [-0.4, -0.2) is 20.7 Å². The van der Waals surface area contributed by atoms with E-state index in [4.69, 9.17) is 0 Å². The molecule has 0 spiro atoms. The molecule has 5 heteroatoms. The number of hydrogen-bond acceptors (Lipinski definition) is 3. The average molecular weight is 306 g/mol. The van der Waals surface area contributed by atoms with Crippen LogP contribution in [0, 0.1) is 13.8 Å². The van der Waals surface area contributed by atoms with E-state index in [0.29, 0.717) is 18.1 Å². The molecular formula is C18H18N4O. The topological polar surface area (TPSA) is 59.8 Å². The Morgan fingerprint density at radius 3 is 2.57 bits per heavy atom. The van der Waals surface area contributed by atoms with E-state index in [1.54, 1.807) is 10.7 Å². The predicted octanol–water partition coefficient (Wildman–Crippen LogP) is 3.20. The second-order valence-electron chi connectivity index (χ2n) is 5.43. The highest BCUT2D eigenvalue weighted by molar-refractivity contribution is 6.02. The van der Waals surface area contributed by atoms with Gasteiger partial charge in [-0.05, 0) is 31.5 Å². The van der Waals surface area contributed by atoms with Gasteiger partial charge in [0.1, 0.15) is 11.5 Å². The number of aromatic nitrogens is 3. The van der Waals surface area contributed by atoms with Gasteiger partial charge in [-0.2, -0.15) is 5.10 Å². The molecular weight excluding hydrogens is 288 g/mol. The van der Waals surface area contributed by atoms with Crippen LogP contribution in [0.4, 0.5) is 5.82 Å². The van der Waals surface area contributed by atoms with Gasteiger partial charge >= 0.3 is 0 Å². The van der Waals surface area contributed by atoms with E-state index in [-0.39, 0.29) is 5.91 Å². The Hall–Kier alpha value is -2.95. The van der Waals surface area contributed by atoms with Crippen LogP contribution in [0.3, 0.4) is 0 Å². The Morgan fingerprint density at radius 2 is 1.83 bits per heavy atom. The lowest BCUT2D eigenvalue weighted by atomic mass is 10.2. The number of benzene rings is 1. The lowest BCUT2D eigenvalue weighted by Crippen LogP contribution is -2.17. The molecule has 3 rings (SSSR count). The molecule has 2 aromatic heterocycles. The Morgan fingerprint density at radius 1 is 1.04 bits per heavy atom. The molecule has 1 aromatic carbocycles. The molecule has 2 heterocycles. The van der Waals surface area contributed by atoms with Crippen molar-refractivity contribution in [2.45, 2.75) is 20.4 Å². The summed E-state index contributed by atoms with van der Waals surface area (Å²) in [5.74, 6) is 0.433. The van der Waals surface area contributed by atoms with Gasteiger partial charge < -0.3 is 5.32 Å². The maximum absolute atomic E-state index is 12.4. The van der Waals surface area contributed by atoms with Crippen molar-refractivity contribution in [3.63, 3.8) is 0 Å². The molecule has 1 amide bonds. The highest BCUT2D eigenvalue weighted by Crippen LogP contribution is 2.14. The van der Waals surface area contributed by atoms with Crippen molar-refractivity contribution < 1.29 is 4.79 Å². The van der Waals surface area contributed by atoms with E-state index < -0.39 is 0 Å². The fourth-order valence-corrected chi connectivity index (χ4v) is 2.37. The van der Waals surface area contributed by atoms with Crippen LogP contribution >= 0.6 is 0 Å². The van der Waals surface area contributed by atoms with Crippen LogP contribution in [0.15, 0.2) is 54.6 Å². The van der Waals surface area contributed by atoms with Crippen molar-refractivity contribution in [1.82, 2.24) is 14.8 Å². The monoisotopic (exact) mass is 306 g/mol. The summed E-state index contributed by atoms with van der Waals surface area (Å²) in [5.41, 5.74) is 3.19. The molecule has 0 saturated carbocycles. The Balaban J connectivity index is 1.82. The molecule has 0 aliphatic carbocycles. The lowest BCUT2D eigenvalue weighted by molar-refractivity contribution is 0.102. The fraction of sp³-hybridized carbons (Fsp3) is 0.167. The maximum atomic E-state index is 12.4. The third kappa shape index (κ3) is 3.63. The molecule has 116 valence electrons. The van der Waals surface area contributed by atoms with Crippen molar-refractivity contribution in [2.75, 3.05) is 5.32 Å². The van der Waals surface area contributed by atoms with Gasteiger partial charge in [-0.3, -0.25) is 4.79 Å². The zero-order valence-corrected chi connectivity index (χ0v) is 13.2. The van der Waals surface area contributed by atoms with E-state index >= 15 is 0 Å². The minimum Gasteiger partial charge on any atom is -0.305 e. The van der Waals surface area contributed by atoms with Crippen LogP contribution < -0.4 is 5.32 Å². The van der Waals surface area contributed by atoms with Crippen LogP contribution in [0.5, 0.6) is 0 Å². The minimum atomic E-state index is -0.233. The summed E-state index contributed by atoms with van der Waals surface area (Å²) in [6.07, 6.45) is 0. The Labute approximate surface area is 135 Å². The number of carbonyl (C=O) groups excluding carboxylic acids is 1. The zero-order chi connectivity index (χ0) is 16.2. The van der Waals surface area contributed by atoms with Gasteiger partial charge in [-0.1, -0.05) is 36.4 Å². The van der Waals surface area contributed by atoms with Crippen LogP contribution in [0.1, 0.15) is 27.4 Å². The van der Waals surface area contributed by atoms with Gasteiger partial charge in [0.2, 0.25) is 0 Å². The van der Waals surface area contributed by atoms with Gasteiger partial charge in [0, 0.05) is 11.8 Å². The van der Waals surface area contributed by atoms with E-state index in [1.807, 2.05) is 62.4 Å². The van der Waals surface area contributed by atoms with E-state index in [1.165, 1.54) is 0 Å². The van der Waals surface area contributed by atoms with Crippen LogP contribution in [0.2, 0.25) is 0 Å². The summed E-state index contributed by atoms with van der Waals surface area (Å²) in [4.78, 5) is 16.6. The first-order valence-corrected chi connectivity index (χ1v) is 7.45. The number of nitrogens with one attached hydrogen (secondary N) is 1. The number of nitrogens with zero attached hydrogens (tertiary/aromatic N) is 3. The first kappa shape index (κ1) is 15.0. The smallest absolute Gasteiger partial charge is 0.275 e. The molecule has 0 bridgehead atoms. The van der Waals surface area contributed by atoms with E-state index in [9.17, 15) is 4.79 Å². The fourth-order valence-electron chi connectivity index (χ4n) is 2.37. The second-order valence-corrected chi connectivity index (χ2v) is 5.43. The SMILES string of the molecule is Cc1cccc(C(=O)Nc2cc(C)nn2Cc2ccccc2)n1. The van der Waals surface area contributed by atoms with E-state index in [2.05, 4.69) is 15.4 Å². The summed E-state index contributed by atoms with van der Waals surface area (Å²) in [6, 6.07) is 17.3. The van der Waals surface area contributed by atoms with E-state index in [0.717, 1.165) is 17.0 Å². The second kappa shape index (κ2) is 6.44. The molecule has 0 radical (unpaired) electrons. The van der Waals surface area contributed by atoms with Gasteiger partial charge in [-0.15, -0.1) is 0 Å². The van der Waals surface area contributed by atoms with Gasteiger partial charge in [0.25, 0.3) is 5.91 Å². The van der Waals surface area contributed by atoms with Crippen molar-refractivity contribution in [3.8, 4) is 0 Å². The third-order valence-corrected chi connectivity index (χ3v) is 3.44. The molecule has 3 aromatic rings. The quantitative estimate of drug-likeness (QED) is 0.805. The summed E-state index contributed by atoms with van der Waals surface area (Å²) < 4.78 is 1.79. The molecule has 0 aliphatic rings. The first-order valence-electron chi connectivity index (χ1n) is 7.45. The zero-order valence-electron chi connectivity index (χ0n) is 13.2. The molecule has 5 nitrogen and oxygen atoms in total. The third-order valence-electron chi connectivity index (χ3n) is 3.44. The highest BCUT2D eigenvalue weighted by atomic mass is 16.2. The molecule has 0 saturated heterocycles. The minimum absolute atomic E-state index is 0.233. The summed E-state index contributed by atoms with van der Waals surface area (Å²) in [5, 5.41) is 7.35. The molecule has 23 heavy (non-hydrogen) atoms. The Kier molecular flexibility index (Phi) is 4.19. The van der Waals surface area contributed by atoms with Crippen molar-refractivity contribution in [3.05, 3.63) is 77.2 Å². The predicted molar refractivity (Wildman–Crippen MR) is 89.4 cm³/mol. The number of hydrogen-bond donors (Lipinski definition) is 1. The average Bonchev–Trinajstić information content (AvgIpc) is 2.87.